The summed E-state index contributed by atoms with van der Waals surface area (Å²) >= 11 is 0. The molecule has 1 fully saturated rings. The summed E-state index contributed by atoms with van der Waals surface area (Å²) in [4.78, 5) is 17.3. The maximum absolute atomic E-state index is 13.1. The molecule has 0 radical (unpaired) electrons. The molecule has 146 valence electrons. The standard InChI is InChI=1S/C22H25N3O3/c1-27-19-8-9-21(28-2)20(14-19)22(26)25-11-3-10-24(12-13-25)16-18-6-4-17(15-23)5-7-18/h4-9,14H,3,10-13,16H2,1-2H3. The van der Waals surface area contributed by atoms with Crippen molar-refractivity contribution in [1.82, 2.24) is 9.80 Å². The number of hydrogen-bond donors (Lipinski definition) is 0. The van der Waals surface area contributed by atoms with Crippen molar-refractivity contribution in [2.24, 2.45) is 0 Å². The molecule has 2 aromatic carbocycles. The molecule has 1 amide bonds. The van der Waals surface area contributed by atoms with Gasteiger partial charge in [-0.15, -0.1) is 0 Å². The number of rotatable bonds is 5. The Hall–Kier alpha value is -3.04. The van der Waals surface area contributed by atoms with Gasteiger partial charge in [0.1, 0.15) is 11.5 Å². The first-order valence-electron chi connectivity index (χ1n) is 9.37. The number of ether oxygens (including phenoxy) is 2. The fourth-order valence-corrected chi connectivity index (χ4v) is 3.43. The Morgan fingerprint density at radius 2 is 1.82 bits per heavy atom. The topological polar surface area (TPSA) is 65.8 Å². The molecule has 3 rings (SSSR count). The van der Waals surface area contributed by atoms with E-state index in [0.29, 0.717) is 35.7 Å². The van der Waals surface area contributed by atoms with Gasteiger partial charge < -0.3 is 14.4 Å². The number of methoxy groups -OCH3 is 2. The quantitative estimate of drug-likeness (QED) is 0.799. The summed E-state index contributed by atoms with van der Waals surface area (Å²) in [5.41, 5.74) is 2.37. The molecule has 0 N–H and O–H groups in total. The minimum Gasteiger partial charge on any atom is -0.497 e. The number of benzene rings is 2. The lowest BCUT2D eigenvalue weighted by Gasteiger charge is -2.23. The average Bonchev–Trinajstić information content (AvgIpc) is 2.99. The second kappa shape index (κ2) is 9.25. The zero-order chi connectivity index (χ0) is 19.9. The van der Waals surface area contributed by atoms with Crippen LogP contribution >= 0.6 is 0 Å². The van der Waals surface area contributed by atoms with E-state index in [0.717, 1.165) is 26.1 Å². The van der Waals surface area contributed by atoms with Gasteiger partial charge in [-0.3, -0.25) is 9.69 Å². The minimum atomic E-state index is -0.0315. The number of nitrogens with zero attached hydrogens (tertiary/aromatic N) is 3. The van der Waals surface area contributed by atoms with E-state index in [4.69, 9.17) is 14.7 Å². The summed E-state index contributed by atoms with van der Waals surface area (Å²) in [7, 11) is 3.16. The first kappa shape index (κ1) is 19.7. The van der Waals surface area contributed by atoms with Gasteiger partial charge in [-0.1, -0.05) is 12.1 Å². The van der Waals surface area contributed by atoms with Crippen LogP contribution in [0.25, 0.3) is 0 Å². The molecule has 0 aromatic heterocycles. The Bertz CT molecular complexity index is 858. The van der Waals surface area contributed by atoms with Crippen molar-refractivity contribution < 1.29 is 14.3 Å². The molecule has 0 spiro atoms. The fourth-order valence-electron chi connectivity index (χ4n) is 3.43. The van der Waals surface area contributed by atoms with Gasteiger partial charge in [0, 0.05) is 32.7 Å². The molecule has 0 unspecified atom stereocenters. The highest BCUT2D eigenvalue weighted by Gasteiger charge is 2.23. The predicted octanol–water partition coefficient (Wildman–Crippen LogP) is 2.92. The zero-order valence-electron chi connectivity index (χ0n) is 16.4. The van der Waals surface area contributed by atoms with Crippen molar-refractivity contribution in [2.45, 2.75) is 13.0 Å². The molecule has 1 saturated heterocycles. The Balaban J connectivity index is 1.66. The third kappa shape index (κ3) is 4.62. The van der Waals surface area contributed by atoms with Crippen LogP contribution in [0.2, 0.25) is 0 Å². The molecular formula is C22H25N3O3. The van der Waals surface area contributed by atoms with Gasteiger partial charge in [-0.25, -0.2) is 0 Å². The van der Waals surface area contributed by atoms with Crippen LogP contribution in [0.5, 0.6) is 11.5 Å². The lowest BCUT2D eigenvalue weighted by atomic mass is 10.1. The van der Waals surface area contributed by atoms with Crippen LogP contribution in [0.3, 0.4) is 0 Å². The third-order valence-corrected chi connectivity index (χ3v) is 5.00. The normalized spacial score (nSPS) is 14.8. The van der Waals surface area contributed by atoms with Gasteiger partial charge >= 0.3 is 0 Å². The molecule has 1 heterocycles. The molecule has 6 nitrogen and oxygen atoms in total. The Morgan fingerprint density at radius 1 is 1.04 bits per heavy atom. The van der Waals surface area contributed by atoms with E-state index in [1.54, 1.807) is 32.4 Å². The number of nitriles is 1. The smallest absolute Gasteiger partial charge is 0.257 e. The van der Waals surface area contributed by atoms with E-state index in [9.17, 15) is 4.79 Å². The van der Waals surface area contributed by atoms with E-state index < -0.39 is 0 Å². The molecule has 2 aromatic rings. The average molecular weight is 379 g/mol. The summed E-state index contributed by atoms with van der Waals surface area (Å²) in [5, 5.41) is 8.92. The maximum atomic E-state index is 13.1. The largest absolute Gasteiger partial charge is 0.497 e. The number of carbonyl (C=O) groups is 1. The number of hydrogen-bond acceptors (Lipinski definition) is 5. The van der Waals surface area contributed by atoms with Gasteiger partial charge in [0.05, 0.1) is 31.4 Å². The van der Waals surface area contributed by atoms with Gasteiger partial charge in [0.2, 0.25) is 0 Å². The van der Waals surface area contributed by atoms with Crippen LogP contribution in [0, 0.1) is 11.3 Å². The van der Waals surface area contributed by atoms with E-state index in [2.05, 4.69) is 11.0 Å². The first-order chi connectivity index (χ1) is 13.6. The van der Waals surface area contributed by atoms with Gasteiger partial charge in [-0.05, 0) is 42.3 Å². The molecular weight excluding hydrogens is 354 g/mol. The SMILES string of the molecule is COc1ccc(OC)c(C(=O)N2CCCN(Cc3ccc(C#N)cc3)CC2)c1. The summed E-state index contributed by atoms with van der Waals surface area (Å²) in [6, 6.07) is 15.1. The van der Waals surface area contributed by atoms with Crippen LogP contribution in [0.4, 0.5) is 0 Å². The summed E-state index contributed by atoms with van der Waals surface area (Å²) < 4.78 is 10.6. The highest BCUT2D eigenvalue weighted by molar-refractivity contribution is 5.97. The van der Waals surface area contributed by atoms with Crippen LogP contribution in [0.15, 0.2) is 42.5 Å². The maximum Gasteiger partial charge on any atom is 0.257 e. The highest BCUT2D eigenvalue weighted by atomic mass is 16.5. The van der Waals surface area contributed by atoms with E-state index in [1.165, 1.54) is 5.56 Å². The van der Waals surface area contributed by atoms with E-state index in [-0.39, 0.29) is 5.91 Å². The van der Waals surface area contributed by atoms with Crippen molar-refractivity contribution >= 4 is 5.91 Å². The van der Waals surface area contributed by atoms with Crippen LogP contribution in [-0.2, 0) is 6.54 Å². The number of carbonyl (C=O) groups excluding carboxylic acids is 1. The van der Waals surface area contributed by atoms with Crippen LogP contribution < -0.4 is 9.47 Å². The van der Waals surface area contributed by atoms with Gasteiger partial charge in [0.25, 0.3) is 5.91 Å². The molecule has 0 saturated carbocycles. The van der Waals surface area contributed by atoms with Crippen molar-refractivity contribution in [1.29, 1.82) is 5.26 Å². The molecule has 0 bridgehead atoms. The first-order valence-corrected chi connectivity index (χ1v) is 9.37. The number of amides is 1. The molecule has 28 heavy (non-hydrogen) atoms. The lowest BCUT2D eigenvalue weighted by molar-refractivity contribution is 0.0757. The molecule has 0 aliphatic carbocycles. The fraction of sp³-hybridized carbons (Fsp3) is 0.364. The Morgan fingerprint density at radius 3 is 2.50 bits per heavy atom. The summed E-state index contributed by atoms with van der Waals surface area (Å²) in [6.07, 6.45) is 0.911. The van der Waals surface area contributed by atoms with Gasteiger partial charge in [0.15, 0.2) is 0 Å². The molecule has 1 aliphatic rings. The molecule has 6 heteroatoms. The molecule has 1 aliphatic heterocycles. The summed E-state index contributed by atoms with van der Waals surface area (Å²) in [5.74, 6) is 1.17. The predicted molar refractivity (Wildman–Crippen MR) is 107 cm³/mol. The second-order valence-electron chi connectivity index (χ2n) is 6.80. The van der Waals surface area contributed by atoms with Crippen molar-refractivity contribution in [3.8, 4) is 17.6 Å². The monoisotopic (exact) mass is 379 g/mol. The van der Waals surface area contributed by atoms with Crippen molar-refractivity contribution in [3.63, 3.8) is 0 Å². The Kier molecular flexibility index (Phi) is 6.51. The van der Waals surface area contributed by atoms with Crippen molar-refractivity contribution in [2.75, 3.05) is 40.4 Å². The van der Waals surface area contributed by atoms with Crippen LogP contribution in [0.1, 0.15) is 27.9 Å². The van der Waals surface area contributed by atoms with Gasteiger partial charge in [-0.2, -0.15) is 5.26 Å². The minimum absolute atomic E-state index is 0.0315. The Labute approximate surface area is 165 Å². The van der Waals surface area contributed by atoms with E-state index in [1.807, 2.05) is 29.2 Å². The lowest BCUT2D eigenvalue weighted by Crippen LogP contribution is -2.35. The van der Waals surface area contributed by atoms with Crippen LogP contribution in [-0.4, -0.2) is 56.1 Å². The molecule has 0 atom stereocenters. The zero-order valence-corrected chi connectivity index (χ0v) is 16.4. The second-order valence-corrected chi connectivity index (χ2v) is 6.80. The van der Waals surface area contributed by atoms with E-state index >= 15 is 0 Å². The van der Waals surface area contributed by atoms with Crippen molar-refractivity contribution in [3.05, 3.63) is 59.2 Å². The summed E-state index contributed by atoms with van der Waals surface area (Å²) in [6.45, 7) is 3.92. The highest BCUT2D eigenvalue weighted by Crippen LogP contribution is 2.26. The third-order valence-electron chi connectivity index (χ3n) is 5.00.